The minimum absolute atomic E-state index is 0.321. The predicted octanol–water partition coefficient (Wildman–Crippen LogP) is 6.13. The van der Waals surface area contributed by atoms with Gasteiger partial charge in [-0.25, -0.2) is 0 Å². The van der Waals surface area contributed by atoms with Gasteiger partial charge in [0, 0.05) is 6.42 Å². The summed E-state index contributed by atoms with van der Waals surface area (Å²) in [5.74, 6) is 0.0177. The fourth-order valence-electron chi connectivity index (χ4n) is 2.31. The van der Waals surface area contributed by atoms with Crippen LogP contribution >= 0.6 is 0 Å². The molecule has 1 unspecified atom stereocenters. The molecule has 0 aromatic rings. The van der Waals surface area contributed by atoms with Crippen LogP contribution in [0, 0.1) is 5.92 Å². The molecule has 0 heterocycles. The number of carbonyl (C=O) groups is 1. The van der Waals surface area contributed by atoms with Gasteiger partial charge in [-0.3, -0.25) is 4.79 Å². The Morgan fingerprint density at radius 1 is 1.00 bits per heavy atom. The second-order valence-corrected chi connectivity index (χ2v) is 5.99. The maximum atomic E-state index is 10.3. The van der Waals surface area contributed by atoms with E-state index in [2.05, 4.69) is 38.2 Å². The summed E-state index contributed by atoms with van der Waals surface area (Å²) < 4.78 is 0. The third-order valence-corrected chi connectivity index (χ3v) is 3.71. The number of allylic oxidation sites excluding steroid dienone is 4. The van der Waals surface area contributed by atoms with Gasteiger partial charge in [-0.1, -0.05) is 76.7 Å². The molecule has 0 saturated heterocycles. The fourth-order valence-corrected chi connectivity index (χ4v) is 2.31. The highest BCUT2D eigenvalue weighted by atomic mass is 16.4. The van der Waals surface area contributed by atoms with E-state index in [9.17, 15) is 4.79 Å². The highest BCUT2D eigenvalue weighted by Gasteiger charge is 1.96. The Labute approximate surface area is 131 Å². The lowest BCUT2D eigenvalue weighted by Crippen LogP contribution is -1.93. The Kier molecular flexibility index (Phi) is 14.6. The van der Waals surface area contributed by atoms with E-state index >= 15 is 0 Å². The van der Waals surface area contributed by atoms with E-state index in [1.165, 1.54) is 38.5 Å². The van der Waals surface area contributed by atoms with E-state index in [0.29, 0.717) is 12.3 Å². The predicted molar refractivity (Wildman–Crippen MR) is 91.5 cm³/mol. The molecule has 0 aromatic heterocycles. The Hall–Kier alpha value is -1.05. The number of aliphatic carboxylic acids is 1. The lowest BCUT2D eigenvalue weighted by atomic mass is 10.0. The highest BCUT2D eigenvalue weighted by Crippen LogP contribution is 2.11. The molecule has 0 bridgehead atoms. The van der Waals surface area contributed by atoms with Crippen molar-refractivity contribution in [2.75, 3.05) is 0 Å². The number of hydrogen-bond acceptors (Lipinski definition) is 1. The van der Waals surface area contributed by atoms with Gasteiger partial charge in [0.1, 0.15) is 0 Å². The molecule has 2 nitrogen and oxygen atoms in total. The third kappa shape index (κ3) is 16.9. The SMILES string of the molecule is CCCCCC(C)/C=C/C=C/CCCCCCCC(=O)O. The average molecular weight is 294 g/mol. The molecule has 0 aromatic carbocycles. The Morgan fingerprint density at radius 2 is 1.71 bits per heavy atom. The van der Waals surface area contributed by atoms with Crippen molar-refractivity contribution in [2.45, 2.75) is 84.5 Å². The van der Waals surface area contributed by atoms with Crippen LogP contribution in [0.15, 0.2) is 24.3 Å². The summed E-state index contributed by atoms with van der Waals surface area (Å²) in [6.07, 6.45) is 21.1. The van der Waals surface area contributed by atoms with Crippen molar-refractivity contribution in [1.29, 1.82) is 0 Å². The van der Waals surface area contributed by atoms with Crippen LogP contribution < -0.4 is 0 Å². The van der Waals surface area contributed by atoms with Gasteiger partial charge < -0.3 is 5.11 Å². The Bertz CT molecular complexity index is 292. The summed E-state index contributed by atoms with van der Waals surface area (Å²) in [6, 6.07) is 0. The molecule has 1 N–H and O–H groups in total. The molecular formula is C19H34O2. The zero-order chi connectivity index (χ0) is 15.8. The average Bonchev–Trinajstić information content (AvgIpc) is 2.44. The van der Waals surface area contributed by atoms with Crippen LogP contribution in [0.5, 0.6) is 0 Å². The number of carboxylic acid groups (broad SMARTS) is 1. The lowest BCUT2D eigenvalue weighted by molar-refractivity contribution is -0.137. The van der Waals surface area contributed by atoms with E-state index in [0.717, 1.165) is 25.7 Å². The normalized spacial score (nSPS) is 13.2. The van der Waals surface area contributed by atoms with Crippen LogP contribution in [0.3, 0.4) is 0 Å². The molecule has 0 aliphatic carbocycles. The van der Waals surface area contributed by atoms with E-state index in [1.54, 1.807) is 0 Å². The number of rotatable bonds is 14. The monoisotopic (exact) mass is 294 g/mol. The number of hydrogen-bond donors (Lipinski definition) is 1. The van der Waals surface area contributed by atoms with Crippen molar-refractivity contribution < 1.29 is 9.90 Å². The van der Waals surface area contributed by atoms with E-state index in [-0.39, 0.29) is 0 Å². The van der Waals surface area contributed by atoms with Crippen molar-refractivity contribution in [3.05, 3.63) is 24.3 Å². The molecule has 0 aliphatic rings. The fraction of sp³-hybridized carbons (Fsp3) is 0.737. The molecule has 0 radical (unpaired) electrons. The van der Waals surface area contributed by atoms with E-state index < -0.39 is 5.97 Å². The van der Waals surface area contributed by atoms with Gasteiger partial charge in [0.2, 0.25) is 0 Å². The van der Waals surface area contributed by atoms with Crippen molar-refractivity contribution in [3.63, 3.8) is 0 Å². The van der Waals surface area contributed by atoms with Crippen LogP contribution in [0.4, 0.5) is 0 Å². The summed E-state index contributed by atoms with van der Waals surface area (Å²) in [6.45, 7) is 4.53. The third-order valence-electron chi connectivity index (χ3n) is 3.71. The lowest BCUT2D eigenvalue weighted by Gasteiger charge is -2.03. The second kappa shape index (κ2) is 15.3. The highest BCUT2D eigenvalue weighted by molar-refractivity contribution is 5.66. The smallest absolute Gasteiger partial charge is 0.303 e. The largest absolute Gasteiger partial charge is 0.481 e. The van der Waals surface area contributed by atoms with Crippen molar-refractivity contribution in [1.82, 2.24) is 0 Å². The second-order valence-electron chi connectivity index (χ2n) is 5.99. The summed E-state index contributed by atoms with van der Waals surface area (Å²) in [7, 11) is 0. The van der Waals surface area contributed by atoms with Gasteiger partial charge >= 0.3 is 5.97 Å². The van der Waals surface area contributed by atoms with Gasteiger partial charge in [0.05, 0.1) is 0 Å². The van der Waals surface area contributed by atoms with Gasteiger partial charge in [-0.2, -0.15) is 0 Å². The summed E-state index contributed by atoms with van der Waals surface area (Å²) in [5.41, 5.74) is 0. The molecule has 21 heavy (non-hydrogen) atoms. The first-order valence-corrected chi connectivity index (χ1v) is 8.72. The summed E-state index contributed by atoms with van der Waals surface area (Å²) in [5, 5.41) is 8.52. The first-order chi connectivity index (χ1) is 10.2. The van der Waals surface area contributed by atoms with Crippen LogP contribution in [0.1, 0.15) is 84.5 Å². The zero-order valence-electron chi connectivity index (χ0n) is 14.0. The Morgan fingerprint density at radius 3 is 2.43 bits per heavy atom. The van der Waals surface area contributed by atoms with Crippen LogP contribution in [-0.2, 0) is 4.79 Å². The van der Waals surface area contributed by atoms with E-state index in [4.69, 9.17) is 5.11 Å². The maximum absolute atomic E-state index is 10.3. The van der Waals surface area contributed by atoms with Crippen LogP contribution in [0.25, 0.3) is 0 Å². The van der Waals surface area contributed by atoms with Crippen LogP contribution in [0.2, 0.25) is 0 Å². The molecule has 0 amide bonds. The first kappa shape index (κ1) is 19.9. The van der Waals surface area contributed by atoms with Crippen LogP contribution in [-0.4, -0.2) is 11.1 Å². The van der Waals surface area contributed by atoms with Crippen molar-refractivity contribution in [3.8, 4) is 0 Å². The molecule has 0 aliphatic heterocycles. The maximum Gasteiger partial charge on any atom is 0.303 e. The molecule has 0 spiro atoms. The Balaban J connectivity index is 3.37. The standard InChI is InChI=1S/C19H34O2/c1-3-4-12-15-18(2)16-13-10-8-6-5-7-9-11-14-17-19(20)21/h8,10,13,16,18H,3-7,9,11-12,14-15,17H2,1-2H3,(H,20,21)/b10-8+,16-13+. The molecule has 0 fully saturated rings. The molecular weight excluding hydrogens is 260 g/mol. The molecule has 122 valence electrons. The minimum atomic E-state index is -0.673. The number of carboxylic acids is 1. The van der Waals surface area contributed by atoms with Gasteiger partial charge in [-0.05, 0) is 31.6 Å². The molecule has 0 saturated carbocycles. The van der Waals surface area contributed by atoms with Gasteiger partial charge in [-0.15, -0.1) is 0 Å². The van der Waals surface area contributed by atoms with Gasteiger partial charge in [0.15, 0.2) is 0 Å². The zero-order valence-corrected chi connectivity index (χ0v) is 14.0. The quantitative estimate of drug-likeness (QED) is 0.309. The molecule has 1 atom stereocenters. The van der Waals surface area contributed by atoms with Crippen molar-refractivity contribution >= 4 is 5.97 Å². The van der Waals surface area contributed by atoms with Crippen molar-refractivity contribution in [2.24, 2.45) is 5.92 Å². The number of unbranched alkanes of at least 4 members (excludes halogenated alkanes) is 7. The topological polar surface area (TPSA) is 37.3 Å². The molecule has 2 heteroatoms. The summed E-state index contributed by atoms with van der Waals surface area (Å²) >= 11 is 0. The summed E-state index contributed by atoms with van der Waals surface area (Å²) in [4.78, 5) is 10.3. The minimum Gasteiger partial charge on any atom is -0.481 e. The van der Waals surface area contributed by atoms with Gasteiger partial charge in [0.25, 0.3) is 0 Å². The first-order valence-electron chi connectivity index (χ1n) is 8.72. The van der Waals surface area contributed by atoms with E-state index in [1.807, 2.05) is 0 Å². The molecule has 0 rings (SSSR count).